The number of benzene rings is 2. The molecule has 2 aliphatic rings. The van der Waals surface area contributed by atoms with Gasteiger partial charge in [-0.05, 0) is 42.3 Å². The van der Waals surface area contributed by atoms with Gasteiger partial charge in [0.1, 0.15) is 5.75 Å². The molecule has 0 spiro atoms. The van der Waals surface area contributed by atoms with E-state index in [0.717, 1.165) is 31.8 Å². The maximum absolute atomic E-state index is 5.45. The van der Waals surface area contributed by atoms with Crippen molar-refractivity contribution >= 4 is 0 Å². The van der Waals surface area contributed by atoms with Crippen molar-refractivity contribution in [3.8, 4) is 5.75 Å². The summed E-state index contributed by atoms with van der Waals surface area (Å²) in [6.45, 7) is 3.38. The number of piperazine rings is 1. The minimum atomic E-state index is 0.467. The van der Waals surface area contributed by atoms with Gasteiger partial charge in [-0.1, -0.05) is 36.4 Å². The van der Waals surface area contributed by atoms with Crippen molar-refractivity contribution < 1.29 is 4.74 Å². The van der Waals surface area contributed by atoms with Crippen molar-refractivity contribution in [1.29, 1.82) is 0 Å². The van der Waals surface area contributed by atoms with Gasteiger partial charge in [0.25, 0.3) is 0 Å². The van der Waals surface area contributed by atoms with Crippen LogP contribution in [0.25, 0.3) is 0 Å². The highest BCUT2D eigenvalue weighted by molar-refractivity contribution is 5.41. The van der Waals surface area contributed by atoms with Crippen LogP contribution >= 0.6 is 0 Å². The predicted molar refractivity (Wildman–Crippen MR) is 92.8 cm³/mol. The monoisotopic (exact) mass is 308 g/mol. The normalized spacial score (nSPS) is 24.8. The summed E-state index contributed by atoms with van der Waals surface area (Å²) in [4.78, 5) is 5.15. The van der Waals surface area contributed by atoms with E-state index >= 15 is 0 Å². The molecule has 0 saturated carbocycles. The Morgan fingerprint density at radius 3 is 2.61 bits per heavy atom. The van der Waals surface area contributed by atoms with E-state index < -0.39 is 0 Å². The van der Waals surface area contributed by atoms with Crippen LogP contribution in [-0.2, 0) is 6.42 Å². The molecular weight excluding hydrogens is 284 g/mol. The first-order valence-electron chi connectivity index (χ1n) is 8.42. The molecule has 0 radical (unpaired) electrons. The van der Waals surface area contributed by atoms with E-state index in [9.17, 15) is 0 Å². The molecule has 0 bridgehead atoms. The first kappa shape index (κ1) is 14.7. The van der Waals surface area contributed by atoms with Crippen molar-refractivity contribution in [3.63, 3.8) is 0 Å². The molecular formula is C20H24N2O. The number of methoxy groups -OCH3 is 1. The third kappa shape index (κ3) is 2.64. The summed E-state index contributed by atoms with van der Waals surface area (Å²) in [5.74, 6) is 0.966. The zero-order valence-corrected chi connectivity index (χ0v) is 13.9. The number of hydrogen-bond acceptors (Lipinski definition) is 3. The van der Waals surface area contributed by atoms with Gasteiger partial charge in [-0.3, -0.25) is 4.90 Å². The molecule has 2 unspecified atom stereocenters. The van der Waals surface area contributed by atoms with E-state index in [-0.39, 0.29) is 0 Å². The smallest absolute Gasteiger partial charge is 0.119 e. The average molecular weight is 308 g/mol. The largest absolute Gasteiger partial charge is 0.497 e. The van der Waals surface area contributed by atoms with Crippen LogP contribution in [0.2, 0.25) is 0 Å². The lowest BCUT2D eigenvalue weighted by Gasteiger charge is -2.48. The molecule has 0 aliphatic carbocycles. The summed E-state index contributed by atoms with van der Waals surface area (Å²) >= 11 is 0. The zero-order chi connectivity index (χ0) is 15.8. The highest BCUT2D eigenvalue weighted by Gasteiger charge is 2.37. The molecule has 1 saturated heterocycles. The number of fused-ring (bicyclic) bond motifs is 3. The Kier molecular flexibility index (Phi) is 3.83. The van der Waals surface area contributed by atoms with Crippen molar-refractivity contribution in [2.75, 3.05) is 33.8 Å². The van der Waals surface area contributed by atoms with Crippen LogP contribution in [0.5, 0.6) is 5.75 Å². The van der Waals surface area contributed by atoms with E-state index in [2.05, 4.69) is 65.4 Å². The fourth-order valence-electron chi connectivity index (χ4n) is 4.10. The van der Waals surface area contributed by atoms with Crippen molar-refractivity contribution in [1.82, 2.24) is 9.80 Å². The van der Waals surface area contributed by atoms with Crippen molar-refractivity contribution in [2.24, 2.45) is 0 Å². The molecule has 2 aliphatic heterocycles. The molecule has 4 rings (SSSR count). The second-order valence-corrected chi connectivity index (χ2v) is 6.71. The number of likely N-dealkylation sites (N-methyl/N-ethyl adjacent to an activating group) is 1. The first-order valence-corrected chi connectivity index (χ1v) is 8.42. The van der Waals surface area contributed by atoms with E-state index in [4.69, 9.17) is 4.74 Å². The fourth-order valence-corrected chi connectivity index (χ4v) is 4.10. The fraction of sp³-hybridized carbons (Fsp3) is 0.400. The van der Waals surface area contributed by atoms with Gasteiger partial charge in [-0.25, -0.2) is 0 Å². The highest BCUT2D eigenvalue weighted by Crippen LogP contribution is 2.42. The Hall–Kier alpha value is -1.84. The highest BCUT2D eigenvalue weighted by atomic mass is 16.5. The molecule has 3 heteroatoms. The lowest BCUT2D eigenvalue weighted by molar-refractivity contribution is 0.0403. The van der Waals surface area contributed by atoms with Gasteiger partial charge in [-0.15, -0.1) is 0 Å². The quantitative estimate of drug-likeness (QED) is 0.847. The van der Waals surface area contributed by atoms with Gasteiger partial charge in [0.15, 0.2) is 0 Å². The van der Waals surface area contributed by atoms with Crippen LogP contribution in [0, 0.1) is 0 Å². The molecule has 2 atom stereocenters. The number of hydrogen-bond donors (Lipinski definition) is 0. The molecule has 2 aromatic rings. The third-order valence-electron chi connectivity index (χ3n) is 5.33. The lowest BCUT2D eigenvalue weighted by Crippen LogP contribution is -2.50. The Balaban J connectivity index is 1.77. The van der Waals surface area contributed by atoms with Crippen LogP contribution in [-0.4, -0.2) is 43.6 Å². The zero-order valence-electron chi connectivity index (χ0n) is 13.9. The second kappa shape index (κ2) is 5.99. The van der Waals surface area contributed by atoms with Gasteiger partial charge in [0.2, 0.25) is 0 Å². The van der Waals surface area contributed by atoms with Gasteiger partial charge >= 0.3 is 0 Å². The van der Waals surface area contributed by atoms with E-state index in [0.29, 0.717) is 12.1 Å². The molecule has 23 heavy (non-hydrogen) atoms. The molecule has 0 aromatic heterocycles. The maximum Gasteiger partial charge on any atom is 0.119 e. The number of ether oxygens (including phenoxy) is 1. The average Bonchev–Trinajstić information content (AvgIpc) is 2.61. The Morgan fingerprint density at radius 1 is 1.00 bits per heavy atom. The maximum atomic E-state index is 5.45. The topological polar surface area (TPSA) is 15.7 Å². The van der Waals surface area contributed by atoms with Crippen LogP contribution in [0.15, 0.2) is 48.5 Å². The van der Waals surface area contributed by atoms with Gasteiger partial charge in [-0.2, -0.15) is 0 Å². The van der Waals surface area contributed by atoms with E-state index in [1.54, 1.807) is 7.11 Å². The molecule has 0 N–H and O–H groups in total. The summed E-state index contributed by atoms with van der Waals surface area (Å²) in [7, 11) is 3.98. The van der Waals surface area contributed by atoms with Gasteiger partial charge in [0, 0.05) is 31.7 Å². The van der Waals surface area contributed by atoms with E-state index in [1.165, 1.54) is 16.7 Å². The van der Waals surface area contributed by atoms with E-state index in [1.807, 2.05) is 0 Å². The molecule has 0 amide bonds. The predicted octanol–water partition coefficient (Wildman–Crippen LogP) is 3.28. The SMILES string of the molecule is COc1ccc2c(c1)CC(c1ccccc1)N1CCN(C)CC21. The summed E-state index contributed by atoms with van der Waals surface area (Å²) in [5, 5.41) is 0. The standard InChI is InChI=1S/C20H24N2O/c1-21-10-11-22-19(15-6-4-3-5-7-15)13-16-12-17(23-2)8-9-18(16)20(22)14-21/h3-9,12,19-20H,10-11,13-14H2,1-2H3. The Morgan fingerprint density at radius 2 is 1.83 bits per heavy atom. The van der Waals surface area contributed by atoms with Crippen LogP contribution in [0.1, 0.15) is 28.8 Å². The van der Waals surface area contributed by atoms with Crippen LogP contribution in [0.4, 0.5) is 0 Å². The molecule has 120 valence electrons. The Bertz CT molecular complexity index is 685. The lowest BCUT2D eigenvalue weighted by atomic mass is 9.84. The molecule has 2 aromatic carbocycles. The summed E-state index contributed by atoms with van der Waals surface area (Å²) in [6.07, 6.45) is 1.07. The van der Waals surface area contributed by atoms with Crippen molar-refractivity contribution in [3.05, 3.63) is 65.2 Å². The Labute approximate surface area is 138 Å². The van der Waals surface area contributed by atoms with Crippen LogP contribution < -0.4 is 4.74 Å². The third-order valence-corrected chi connectivity index (χ3v) is 5.33. The van der Waals surface area contributed by atoms with Gasteiger partial charge in [0.05, 0.1) is 7.11 Å². The minimum Gasteiger partial charge on any atom is -0.497 e. The van der Waals surface area contributed by atoms with Crippen molar-refractivity contribution in [2.45, 2.75) is 18.5 Å². The van der Waals surface area contributed by atoms with Gasteiger partial charge < -0.3 is 9.64 Å². The summed E-state index contributed by atoms with van der Waals surface area (Å²) in [5.41, 5.74) is 4.34. The number of rotatable bonds is 2. The molecule has 3 nitrogen and oxygen atoms in total. The first-order chi connectivity index (χ1) is 11.3. The molecule has 2 heterocycles. The summed E-state index contributed by atoms with van der Waals surface area (Å²) < 4.78 is 5.45. The van der Waals surface area contributed by atoms with Crippen LogP contribution in [0.3, 0.4) is 0 Å². The minimum absolute atomic E-state index is 0.467. The summed E-state index contributed by atoms with van der Waals surface area (Å²) in [6, 6.07) is 18.5. The second-order valence-electron chi connectivity index (χ2n) is 6.71. The number of nitrogens with zero attached hydrogens (tertiary/aromatic N) is 2. The molecule has 1 fully saturated rings.